The van der Waals surface area contributed by atoms with Gasteiger partial charge in [-0.1, -0.05) is 51.1 Å². The fourth-order valence-corrected chi connectivity index (χ4v) is 4.73. The molecule has 7 heteroatoms. The number of hydrogen-bond acceptors (Lipinski definition) is 4. The lowest BCUT2D eigenvalue weighted by Crippen LogP contribution is -2.25. The molecule has 0 saturated carbocycles. The molecule has 0 unspecified atom stereocenters. The monoisotopic (exact) mass is 375 g/mol. The first kappa shape index (κ1) is 18.6. The molecule has 1 saturated heterocycles. The number of benzene rings is 1. The molecule has 1 aliphatic heterocycles. The largest absolute Gasteiger partial charge is 0.311 e. The van der Waals surface area contributed by atoms with E-state index in [1.54, 1.807) is 4.68 Å². The lowest BCUT2D eigenvalue weighted by atomic mass is 9.92. The van der Waals surface area contributed by atoms with Gasteiger partial charge in [0, 0.05) is 11.5 Å². The summed E-state index contributed by atoms with van der Waals surface area (Å²) in [4.78, 5) is 12.5. The molecule has 1 atom stereocenters. The van der Waals surface area contributed by atoms with Gasteiger partial charge in [-0.3, -0.25) is 4.79 Å². The summed E-state index contributed by atoms with van der Waals surface area (Å²) >= 11 is 0. The van der Waals surface area contributed by atoms with Crippen molar-refractivity contribution in [1.29, 1.82) is 0 Å². The van der Waals surface area contributed by atoms with Crippen molar-refractivity contribution in [2.45, 2.75) is 39.2 Å². The van der Waals surface area contributed by atoms with Crippen molar-refractivity contribution in [3.05, 3.63) is 47.7 Å². The van der Waals surface area contributed by atoms with E-state index in [9.17, 15) is 13.2 Å². The average molecular weight is 375 g/mol. The van der Waals surface area contributed by atoms with Crippen molar-refractivity contribution in [3.8, 4) is 0 Å². The molecule has 0 bridgehead atoms. The second kappa shape index (κ2) is 6.87. The smallest absolute Gasteiger partial charge is 0.229 e. The molecular weight excluding hydrogens is 350 g/mol. The average Bonchev–Trinajstić information content (AvgIpc) is 3.12. The number of sulfone groups is 1. The van der Waals surface area contributed by atoms with E-state index in [4.69, 9.17) is 0 Å². The van der Waals surface area contributed by atoms with Crippen molar-refractivity contribution in [1.82, 2.24) is 9.78 Å². The number of hydrogen-bond donors (Lipinski definition) is 1. The lowest BCUT2D eigenvalue weighted by molar-refractivity contribution is -0.119. The van der Waals surface area contributed by atoms with Crippen molar-refractivity contribution >= 4 is 21.6 Å². The summed E-state index contributed by atoms with van der Waals surface area (Å²) in [5, 5.41) is 7.57. The van der Waals surface area contributed by atoms with Crippen molar-refractivity contribution in [3.63, 3.8) is 0 Å². The SMILES string of the molecule is CC(C)(C)c1cc(NC(=O)[C@H]2CCS(=O)(=O)C2)n(Cc2ccccc2)n1. The Hall–Kier alpha value is -2.15. The highest BCUT2D eigenvalue weighted by Crippen LogP contribution is 2.26. The molecule has 0 aliphatic carbocycles. The van der Waals surface area contributed by atoms with Crippen LogP contribution in [-0.2, 0) is 26.6 Å². The first-order valence-electron chi connectivity index (χ1n) is 8.78. The third kappa shape index (κ3) is 4.33. The zero-order valence-electron chi connectivity index (χ0n) is 15.4. The van der Waals surface area contributed by atoms with Crippen LogP contribution in [0.4, 0.5) is 5.82 Å². The second-order valence-electron chi connectivity index (χ2n) is 7.90. The van der Waals surface area contributed by atoms with Crippen LogP contribution >= 0.6 is 0 Å². The maximum Gasteiger partial charge on any atom is 0.229 e. The summed E-state index contributed by atoms with van der Waals surface area (Å²) in [7, 11) is -3.09. The van der Waals surface area contributed by atoms with Crippen molar-refractivity contribution in [2.24, 2.45) is 5.92 Å². The van der Waals surface area contributed by atoms with Gasteiger partial charge < -0.3 is 5.32 Å². The Balaban J connectivity index is 1.85. The Morgan fingerprint density at radius 1 is 1.27 bits per heavy atom. The molecule has 140 valence electrons. The molecule has 1 fully saturated rings. The van der Waals surface area contributed by atoms with Crippen LogP contribution in [-0.4, -0.2) is 35.6 Å². The predicted octanol–water partition coefficient (Wildman–Crippen LogP) is 2.60. The molecule has 2 heterocycles. The summed E-state index contributed by atoms with van der Waals surface area (Å²) in [5.41, 5.74) is 1.80. The van der Waals surface area contributed by atoms with Crippen LogP contribution < -0.4 is 5.32 Å². The van der Waals surface area contributed by atoms with Crippen molar-refractivity contribution < 1.29 is 13.2 Å². The van der Waals surface area contributed by atoms with Crippen LogP contribution in [0.2, 0.25) is 0 Å². The van der Waals surface area contributed by atoms with E-state index in [0.717, 1.165) is 11.3 Å². The van der Waals surface area contributed by atoms with Gasteiger partial charge in [0.1, 0.15) is 5.82 Å². The highest BCUT2D eigenvalue weighted by molar-refractivity contribution is 7.91. The number of anilines is 1. The number of carbonyl (C=O) groups is 1. The van der Waals surface area contributed by atoms with Crippen LogP contribution in [0.25, 0.3) is 0 Å². The van der Waals surface area contributed by atoms with Gasteiger partial charge in [-0.05, 0) is 12.0 Å². The van der Waals surface area contributed by atoms with E-state index < -0.39 is 15.8 Å². The quantitative estimate of drug-likeness (QED) is 0.891. The molecule has 1 amide bonds. The topological polar surface area (TPSA) is 81.1 Å². The first-order chi connectivity index (χ1) is 12.1. The van der Waals surface area contributed by atoms with E-state index in [1.807, 2.05) is 36.4 Å². The van der Waals surface area contributed by atoms with Crippen LogP contribution in [0.15, 0.2) is 36.4 Å². The third-order valence-electron chi connectivity index (χ3n) is 4.58. The summed E-state index contributed by atoms with van der Waals surface area (Å²) in [6, 6.07) is 11.8. The molecule has 0 spiro atoms. The van der Waals surface area contributed by atoms with Gasteiger partial charge in [-0.25, -0.2) is 13.1 Å². The molecule has 1 aromatic heterocycles. The number of amides is 1. The van der Waals surface area contributed by atoms with Gasteiger partial charge in [-0.2, -0.15) is 5.10 Å². The number of rotatable bonds is 4. The van der Waals surface area contributed by atoms with E-state index in [0.29, 0.717) is 18.8 Å². The number of aromatic nitrogens is 2. The maximum atomic E-state index is 12.5. The van der Waals surface area contributed by atoms with E-state index in [2.05, 4.69) is 31.2 Å². The number of nitrogens with one attached hydrogen (secondary N) is 1. The molecule has 1 aliphatic rings. The fraction of sp³-hybridized carbons (Fsp3) is 0.474. The Morgan fingerprint density at radius 2 is 1.96 bits per heavy atom. The van der Waals surface area contributed by atoms with E-state index >= 15 is 0 Å². The molecule has 3 rings (SSSR count). The zero-order chi connectivity index (χ0) is 18.9. The Morgan fingerprint density at radius 3 is 2.54 bits per heavy atom. The van der Waals surface area contributed by atoms with Gasteiger partial charge in [0.2, 0.25) is 5.91 Å². The molecule has 2 aromatic rings. The minimum Gasteiger partial charge on any atom is -0.311 e. The standard InChI is InChI=1S/C19H25N3O3S/c1-19(2,3)16-11-17(20-18(23)15-9-10-26(24,25)13-15)22(21-16)12-14-7-5-4-6-8-14/h4-8,11,15H,9-10,12-13H2,1-3H3,(H,20,23)/t15-/m0/s1. The Bertz CT molecular complexity index is 896. The molecule has 0 radical (unpaired) electrons. The highest BCUT2D eigenvalue weighted by atomic mass is 32.2. The minimum atomic E-state index is -3.09. The summed E-state index contributed by atoms with van der Waals surface area (Å²) in [6.07, 6.45) is 0.382. The zero-order valence-corrected chi connectivity index (χ0v) is 16.2. The van der Waals surface area contributed by atoms with E-state index in [1.165, 1.54) is 0 Å². The number of carbonyl (C=O) groups excluding carboxylic acids is 1. The number of nitrogens with zero attached hydrogens (tertiary/aromatic N) is 2. The van der Waals surface area contributed by atoms with Gasteiger partial charge in [-0.15, -0.1) is 0 Å². The van der Waals surface area contributed by atoms with Gasteiger partial charge in [0.05, 0.1) is 29.7 Å². The highest BCUT2D eigenvalue weighted by Gasteiger charge is 2.33. The van der Waals surface area contributed by atoms with Crippen LogP contribution in [0, 0.1) is 5.92 Å². The van der Waals surface area contributed by atoms with Crippen LogP contribution in [0.3, 0.4) is 0 Å². The molecule has 1 N–H and O–H groups in total. The second-order valence-corrected chi connectivity index (χ2v) is 10.1. The minimum absolute atomic E-state index is 0.0716. The van der Waals surface area contributed by atoms with Crippen LogP contribution in [0.1, 0.15) is 38.4 Å². The molecule has 1 aromatic carbocycles. The fourth-order valence-electron chi connectivity index (χ4n) is 2.99. The molecule has 6 nitrogen and oxygen atoms in total. The first-order valence-corrected chi connectivity index (χ1v) is 10.6. The normalized spacial score (nSPS) is 19.4. The molecular formula is C19H25N3O3S. The Labute approximate surface area is 154 Å². The van der Waals surface area contributed by atoms with Gasteiger partial charge >= 0.3 is 0 Å². The van der Waals surface area contributed by atoms with Gasteiger partial charge in [0.25, 0.3) is 0 Å². The lowest BCUT2D eigenvalue weighted by Gasteiger charge is -2.14. The summed E-state index contributed by atoms with van der Waals surface area (Å²) < 4.78 is 25.1. The van der Waals surface area contributed by atoms with Gasteiger partial charge in [0.15, 0.2) is 9.84 Å². The Kier molecular flexibility index (Phi) is 4.92. The van der Waals surface area contributed by atoms with E-state index in [-0.39, 0.29) is 22.8 Å². The maximum absolute atomic E-state index is 12.5. The summed E-state index contributed by atoms with van der Waals surface area (Å²) in [5.74, 6) is -0.119. The molecule has 26 heavy (non-hydrogen) atoms. The van der Waals surface area contributed by atoms with Crippen molar-refractivity contribution in [2.75, 3.05) is 16.8 Å². The predicted molar refractivity (Wildman–Crippen MR) is 102 cm³/mol. The third-order valence-corrected chi connectivity index (χ3v) is 6.35. The summed E-state index contributed by atoms with van der Waals surface area (Å²) in [6.45, 7) is 6.74. The van der Waals surface area contributed by atoms with Crippen LogP contribution in [0.5, 0.6) is 0 Å².